The van der Waals surface area contributed by atoms with Crippen molar-refractivity contribution in [3.05, 3.63) is 53.9 Å². The van der Waals surface area contributed by atoms with Gasteiger partial charge in [0.05, 0.1) is 6.20 Å². The molecule has 0 spiro atoms. The van der Waals surface area contributed by atoms with Crippen molar-refractivity contribution in [1.29, 1.82) is 0 Å². The van der Waals surface area contributed by atoms with Crippen LogP contribution in [0, 0.1) is 6.92 Å². The van der Waals surface area contributed by atoms with Crippen LogP contribution in [0.25, 0.3) is 0 Å². The van der Waals surface area contributed by atoms with Crippen LogP contribution in [0.15, 0.2) is 42.6 Å². The maximum Gasteiger partial charge on any atom is 0.264 e. The van der Waals surface area contributed by atoms with E-state index < -0.39 is 0 Å². The van der Waals surface area contributed by atoms with Crippen LogP contribution < -0.4 is 9.64 Å². The lowest BCUT2D eigenvalue weighted by atomic mass is 10.0. The average Bonchev–Trinajstić information content (AvgIpc) is 2.53. The van der Waals surface area contributed by atoms with E-state index in [0.717, 1.165) is 30.8 Å². The van der Waals surface area contributed by atoms with Gasteiger partial charge in [-0.2, -0.15) is 0 Å². The monoisotopic (exact) mass is 282 g/mol. The molecule has 3 rings (SSSR count). The summed E-state index contributed by atoms with van der Waals surface area (Å²) in [6.07, 6.45) is 3.67. The summed E-state index contributed by atoms with van der Waals surface area (Å²) in [6, 6.07) is 11.8. The lowest BCUT2D eigenvalue weighted by Crippen LogP contribution is -2.38. The van der Waals surface area contributed by atoms with E-state index in [1.807, 2.05) is 42.2 Å². The number of anilines is 1. The van der Waals surface area contributed by atoms with Gasteiger partial charge in [-0.05, 0) is 43.5 Å². The predicted octanol–water partition coefficient (Wildman–Crippen LogP) is 2.75. The molecule has 0 saturated heterocycles. The number of benzene rings is 1. The molecule has 0 atom stereocenters. The summed E-state index contributed by atoms with van der Waals surface area (Å²) >= 11 is 0. The summed E-state index contributed by atoms with van der Waals surface area (Å²) in [7, 11) is 0. The molecule has 0 unspecified atom stereocenters. The second kappa shape index (κ2) is 5.95. The predicted molar refractivity (Wildman–Crippen MR) is 81.6 cm³/mol. The van der Waals surface area contributed by atoms with Gasteiger partial charge in [0, 0.05) is 17.9 Å². The number of amides is 1. The maximum absolute atomic E-state index is 12.4. The number of aryl methyl sites for hydroxylation is 2. The molecule has 0 aliphatic carbocycles. The first-order valence-electron chi connectivity index (χ1n) is 7.18. The van der Waals surface area contributed by atoms with Gasteiger partial charge < -0.3 is 9.64 Å². The highest BCUT2D eigenvalue weighted by atomic mass is 16.5. The van der Waals surface area contributed by atoms with Gasteiger partial charge in [-0.1, -0.05) is 18.2 Å². The number of nitrogens with zero attached hydrogens (tertiary/aromatic N) is 2. The van der Waals surface area contributed by atoms with Crippen molar-refractivity contribution in [2.45, 2.75) is 19.8 Å². The van der Waals surface area contributed by atoms with Crippen molar-refractivity contribution in [1.82, 2.24) is 4.98 Å². The van der Waals surface area contributed by atoms with Gasteiger partial charge in [-0.3, -0.25) is 9.78 Å². The number of carbonyl (C=O) groups excluding carboxylic acids is 1. The summed E-state index contributed by atoms with van der Waals surface area (Å²) < 4.78 is 5.54. The van der Waals surface area contributed by atoms with Gasteiger partial charge in [-0.15, -0.1) is 0 Å². The molecule has 1 aliphatic rings. The molecule has 108 valence electrons. The molecule has 1 amide bonds. The SMILES string of the molecule is Cc1ccc(OCC(=O)N2CCCc3ccccc32)cn1. The quantitative estimate of drug-likeness (QED) is 0.869. The zero-order chi connectivity index (χ0) is 14.7. The third-order valence-corrected chi connectivity index (χ3v) is 3.66. The van der Waals surface area contributed by atoms with E-state index in [9.17, 15) is 4.79 Å². The molecular weight excluding hydrogens is 264 g/mol. The van der Waals surface area contributed by atoms with E-state index in [2.05, 4.69) is 11.1 Å². The number of fused-ring (bicyclic) bond motifs is 1. The van der Waals surface area contributed by atoms with Crippen LogP contribution in [-0.4, -0.2) is 24.0 Å². The highest BCUT2D eigenvalue weighted by Crippen LogP contribution is 2.26. The van der Waals surface area contributed by atoms with Crippen LogP contribution >= 0.6 is 0 Å². The first-order valence-corrected chi connectivity index (χ1v) is 7.18. The number of carbonyl (C=O) groups is 1. The van der Waals surface area contributed by atoms with Gasteiger partial charge in [0.25, 0.3) is 5.91 Å². The minimum absolute atomic E-state index is 0.0114. The minimum Gasteiger partial charge on any atom is -0.482 e. The maximum atomic E-state index is 12.4. The van der Waals surface area contributed by atoms with E-state index in [4.69, 9.17) is 4.74 Å². The molecule has 0 saturated carbocycles. The largest absolute Gasteiger partial charge is 0.482 e. The van der Waals surface area contributed by atoms with Crippen molar-refractivity contribution in [2.24, 2.45) is 0 Å². The van der Waals surface area contributed by atoms with Crippen LogP contribution in [0.5, 0.6) is 5.75 Å². The molecule has 1 aromatic heterocycles. The molecule has 1 aliphatic heterocycles. The number of para-hydroxylation sites is 1. The molecular formula is C17H18N2O2. The normalized spacial score (nSPS) is 13.7. The van der Waals surface area contributed by atoms with Crippen molar-refractivity contribution in [3.8, 4) is 5.75 Å². The molecule has 0 bridgehead atoms. The average molecular weight is 282 g/mol. The van der Waals surface area contributed by atoms with Crippen molar-refractivity contribution < 1.29 is 9.53 Å². The number of aromatic nitrogens is 1. The Morgan fingerprint density at radius 1 is 1.29 bits per heavy atom. The summed E-state index contributed by atoms with van der Waals surface area (Å²) in [5.41, 5.74) is 3.17. The molecule has 2 heterocycles. The fraction of sp³-hybridized carbons (Fsp3) is 0.294. The van der Waals surface area contributed by atoms with Crippen molar-refractivity contribution in [2.75, 3.05) is 18.1 Å². The second-order valence-electron chi connectivity index (χ2n) is 5.20. The Hall–Kier alpha value is -2.36. The molecule has 2 aromatic rings. The van der Waals surface area contributed by atoms with Crippen LogP contribution in [0.4, 0.5) is 5.69 Å². The standard InChI is InChI=1S/C17H18N2O2/c1-13-8-9-15(11-18-13)21-12-17(20)19-10-4-6-14-5-2-3-7-16(14)19/h2-3,5,7-9,11H,4,6,10,12H2,1H3. The highest BCUT2D eigenvalue weighted by molar-refractivity contribution is 5.95. The van der Waals surface area contributed by atoms with Crippen LogP contribution in [-0.2, 0) is 11.2 Å². The Kier molecular flexibility index (Phi) is 3.86. The zero-order valence-corrected chi connectivity index (χ0v) is 12.1. The topological polar surface area (TPSA) is 42.4 Å². The van der Waals surface area contributed by atoms with Crippen LogP contribution in [0.1, 0.15) is 17.7 Å². The number of pyridine rings is 1. The number of rotatable bonds is 3. The summed E-state index contributed by atoms with van der Waals surface area (Å²) in [5.74, 6) is 0.613. The Bertz CT molecular complexity index is 637. The smallest absolute Gasteiger partial charge is 0.264 e. The minimum atomic E-state index is -0.0114. The summed E-state index contributed by atoms with van der Waals surface area (Å²) in [6.45, 7) is 2.71. The van der Waals surface area contributed by atoms with E-state index in [-0.39, 0.29) is 12.5 Å². The van der Waals surface area contributed by atoms with Crippen molar-refractivity contribution in [3.63, 3.8) is 0 Å². The Balaban J connectivity index is 1.68. The third-order valence-electron chi connectivity index (χ3n) is 3.66. The summed E-state index contributed by atoms with van der Waals surface area (Å²) in [5, 5.41) is 0. The van der Waals surface area contributed by atoms with E-state index in [0.29, 0.717) is 5.75 Å². The molecule has 1 aromatic carbocycles. The van der Waals surface area contributed by atoms with Crippen molar-refractivity contribution >= 4 is 11.6 Å². The van der Waals surface area contributed by atoms with Gasteiger partial charge in [0.15, 0.2) is 6.61 Å². The number of hydrogen-bond acceptors (Lipinski definition) is 3. The molecule has 0 radical (unpaired) electrons. The Morgan fingerprint density at radius 3 is 2.95 bits per heavy atom. The molecule has 4 nitrogen and oxygen atoms in total. The summed E-state index contributed by atoms with van der Waals surface area (Å²) in [4.78, 5) is 18.4. The van der Waals surface area contributed by atoms with E-state index in [1.54, 1.807) is 6.20 Å². The van der Waals surface area contributed by atoms with Gasteiger partial charge in [0.2, 0.25) is 0 Å². The number of hydrogen-bond donors (Lipinski definition) is 0. The number of ether oxygens (including phenoxy) is 1. The second-order valence-corrected chi connectivity index (χ2v) is 5.20. The molecule has 21 heavy (non-hydrogen) atoms. The molecule has 4 heteroatoms. The zero-order valence-electron chi connectivity index (χ0n) is 12.1. The molecule has 0 N–H and O–H groups in total. The Morgan fingerprint density at radius 2 is 2.14 bits per heavy atom. The fourth-order valence-corrected chi connectivity index (χ4v) is 2.56. The Labute approximate surface area is 124 Å². The van der Waals surface area contributed by atoms with E-state index in [1.165, 1.54) is 5.56 Å². The molecule has 0 fully saturated rings. The van der Waals surface area contributed by atoms with Crippen LogP contribution in [0.3, 0.4) is 0 Å². The highest BCUT2D eigenvalue weighted by Gasteiger charge is 2.22. The first kappa shape index (κ1) is 13.6. The van der Waals surface area contributed by atoms with Gasteiger partial charge in [0.1, 0.15) is 5.75 Å². The lowest BCUT2D eigenvalue weighted by Gasteiger charge is -2.29. The first-order chi connectivity index (χ1) is 10.2. The third kappa shape index (κ3) is 3.05. The van der Waals surface area contributed by atoms with Crippen LogP contribution in [0.2, 0.25) is 0 Å². The fourth-order valence-electron chi connectivity index (χ4n) is 2.56. The van der Waals surface area contributed by atoms with Gasteiger partial charge >= 0.3 is 0 Å². The lowest BCUT2D eigenvalue weighted by molar-refractivity contribution is -0.120. The van der Waals surface area contributed by atoms with E-state index >= 15 is 0 Å². The van der Waals surface area contributed by atoms with Gasteiger partial charge in [-0.25, -0.2) is 0 Å².